The predicted molar refractivity (Wildman–Crippen MR) is 85.2 cm³/mol. The number of rotatable bonds is 4. The van der Waals surface area contributed by atoms with E-state index in [0.717, 1.165) is 10.8 Å². The van der Waals surface area contributed by atoms with Crippen LogP contribution in [-0.2, 0) is 17.4 Å². The summed E-state index contributed by atoms with van der Waals surface area (Å²) in [7, 11) is 1.30. The van der Waals surface area contributed by atoms with Crippen molar-refractivity contribution in [3.8, 4) is 0 Å². The van der Waals surface area contributed by atoms with Gasteiger partial charge in [-0.15, -0.1) is 0 Å². The number of nitrogens with one attached hydrogen (secondary N) is 1. The lowest BCUT2D eigenvalue weighted by molar-refractivity contribution is -0.270. The molecule has 0 saturated carbocycles. The average Bonchev–Trinajstić information content (AvgIpc) is 3.10. The molecule has 0 aliphatic rings. The van der Waals surface area contributed by atoms with Gasteiger partial charge in [0.15, 0.2) is 17.3 Å². The van der Waals surface area contributed by atoms with Crippen LogP contribution < -0.4 is 5.32 Å². The van der Waals surface area contributed by atoms with E-state index in [9.17, 15) is 23.1 Å². The number of nitrogens with zero attached hydrogens (tertiary/aromatic N) is 3. The molecule has 0 spiro atoms. The molecule has 0 saturated heterocycles. The van der Waals surface area contributed by atoms with Gasteiger partial charge in [0.05, 0.1) is 6.42 Å². The summed E-state index contributed by atoms with van der Waals surface area (Å²) in [6.45, 7) is 1.65. The Balaban J connectivity index is 1.84. The van der Waals surface area contributed by atoms with Crippen molar-refractivity contribution in [2.45, 2.75) is 25.1 Å². The molecule has 0 radical (unpaired) electrons. The van der Waals surface area contributed by atoms with Crippen LogP contribution in [0.4, 0.5) is 18.9 Å². The Labute approximate surface area is 145 Å². The van der Waals surface area contributed by atoms with Crippen LogP contribution in [-0.4, -0.2) is 31.7 Å². The van der Waals surface area contributed by atoms with Gasteiger partial charge in [-0.3, -0.25) is 4.79 Å². The number of fused-ring (bicyclic) bond motifs is 1. The second kappa shape index (κ2) is 6.13. The van der Waals surface area contributed by atoms with Crippen molar-refractivity contribution < 1.29 is 27.5 Å². The Bertz CT molecular complexity index is 963. The Morgan fingerprint density at radius 2 is 2.12 bits per heavy atom. The lowest BCUT2D eigenvalue weighted by Crippen LogP contribution is -2.46. The lowest BCUT2D eigenvalue weighted by Gasteiger charge is -2.29. The van der Waals surface area contributed by atoms with Crippen LogP contribution in [0.2, 0.25) is 0 Å². The van der Waals surface area contributed by atoms with E-state index < -0.39 is 29.9 Å². The van der Waals surface area contributed by atoms with Crippen molar-refractivity contribution >= 4 is 22.7 Å². The van der Waals surface area contributed by atoms with E-state index >= 15 is 0 Å². The van der Waals surface area contributed by atoms with Crippen molar-refractivity contribution in [1.29, 1.82) is 0 Å². The molecule has 0 aliphatic heterocycles. The molecule has 0 aliphatic carbocycles. The van der Waals surface area contributed by atoms with Gasteiger partial charge in [0, 0.05) is 32.1 Å². The number of carbonyl (C=O) groups is 1. The topological polar surface area (TPSA) is 93.2 Å². The zero-order chi connectivity index (χ0) is 19.1. The first-order valence-corrected chi connectivity index (χ1v) is 7.54. The van der Waals surface area contributed by atoms with E-state index in [1.807, 2.05) is 0 Å². The van der Waals surface area contributed by atoms with Crippen molar-refractivity contribution in [2.75, 3.05) is 5.32 Å². The Kier molecular flexibility index (Phi) is 4.23. The molecular formula is C16H15F3N4O3. The Hall–Kier alpha value is -2.88. The Morgan fingerprint density at radius 3 is 2.73 bits per heavy atom. The third-order valence-corrected chi connectivity index (χ3v) is 3.85. The van der Waals surface area contributed by atoms with Gasteiger partial charge in [-0.2, -0.15) is 13.2 Å². The van der Waals surface area contributed by atoms with Crippen molar-refractivity contribution in [1.82, 2.24) is 14.5 Å². The highest BCUT2D eigenvalue weighted by molar-refractivity contribution is 5.93. The first kappa shape index (κ1) is 17.9. The van der Waals surface area contributed by atoms with Crippen molar-refractivity contribution in [2.24, 2.45) is 7.05 Å². The molecule has 0 fully saturated rings. The van der Waals surface area contributed by atoms with Gasteiger partial charge in [0.25, 0.3) is 0 Å². The maximum atomic E-state index is 13.5. The largest absolute Gasteiger partial charge is 0.441 e. The first-order chi connectivity index (χ1) is 12.1. The number of oxazole rings is 1. The number of halogens is 3. The van der Waals surface area contributed by atoms with Crippen LogP contribution in [0.1, 0.15) is 18.1 Å². The highest BCUT2D eigenvalue weighted by Crippen LogP contribution is 2.40. The molecule has 2 aromatic heterocycles. The average molecular weight is 368 g/mol. The standard InChI is InChI=1S/C16H15F3N4O3/c1-9-21-11-7-10(3-4-12(11)26-9)22-13(24)8-15(25,16(17,18)19)14-20-5-6-23(14)2/h3-7,25H,8H2,1-2H3,(H,22,24). The lowest BCUT2D eigenvalue weighted by atomic mass is 9.97. The molecule has 3 aromatic rings. The van der Waals surface area contributed by atoms with Gasteiger partial charge >= 0.3 is 6.18 Å². The quantitative estimate of drug-likeness (QED) is 0.739. The molecule has 0 bridgehead atoms. The molecule has 26 heavy (non-hydrogen) atoms. The third kappa shape index (κ3) is 3.15. The molecule has 1 atom stereocenters. The summed E-state index contributed by atoms with van der Waals surface area (Å²) in [6, 6.07) is 4.48. The molecule has 1 unspecified atom stereocenters. The second-order valence-corrected chi connectivity index (χ2v) is 5.86. The number of aryl methyl sites for hydroxylation is 2. The minimum atomic E-state index is -5.09. The second-order valence-electron chi connectivity index (χ2n) is 5.86. The molecule has 1 aromatic carbocycles. The highest BCUT2D eigenvalue weighted by atomic mass is 19.4. The van der Waals surface area contributed by atoms with Crippen LogP contribution in [0.5, 0.6) is 0 Å². The maximum absolute atomic E-state index is 13.5. The molecule has 3 rings (SSSR count). The minimum Gasteiger partial charge on any atom is -0.441 e. The van der Waals surface area contributed by atoms with Gasteiger partial charge in [0.2, 0.25) is 11.5 Å². The number of benzene rings is 1. The zero-order valence-corrected chi connectivity index (χ0v) is 13.8. The monoisotopic (exact) mass is 368 g/mol. The van der Waals surface area contributed by atoms with Crippen LogP contribution in [0.15, 0.2) is 35.0 Å². The summed E-state index contributed by atoms with van der Waals surface area (Å²) in [5.41, 5.74) is -2.24. The van der Waals surface area contributed by atoms with E-state index in [2.05, 4.69) is 15.3 Å². The normalized spacial score (nSPS) is 14.4. The molecule has 2 N–H and O–H groups in total. The fourth-order valence-corrected chi connectivity index (χ4v) is 2.63. The maximum Gasteiger partial charge on any atom is 0.425 e. The number of carbonyl (C=O) groups excluding carboxylic acids is 1. The van der Waals surface area contributed by atoms with Crippen LogP contribution in [0.3, 0.4) is 0 Å². The van der Waals surface area contributed by atoms with Crippen molar-refractivity contribution in [3.05, 3.63) is 42.3 Å². The number of alkyl halides is 3. The Morgan fingerprint density at radius 1 is 1.38 bits per heavy atom. The number of amides is 1. The number of aromatic nitrogens is 3. The fourth-order valence-electron chi connectivity index (χ4n) is 2.63. The highest BCUT2D eigenvalue weighted by Gasteiger charge is 2.58. The van der Waals surface area contributed by atoms with Crippen LogP contribution in [0, 0.1) is 6.92 Å². The molecule has 10 heteroatoms. The number of aliphatic hydroxyl groups is 1. The molecule has 138 valence electrons. The zero-order valence-electron chi connectivity index (χ0n) is 13.8. The summed E-state index contributed by atoms with van der Waals surface area (Å²) in [5, 5.41) is 12.6. The summed E-state index contributed by atoms with van der Waals surface area (Å²) in [4.78, 5) is 19.8. The van der Waals surface area contributed by atoms with E-state index in [-0.39, 0.29) is 5.69 Å². The number of hydrogen-bond donors (Lipinski definition) is 2. The van der Waals surface area contributed by atoms with E-state index in [1.54, 1.807) is 13.0 Å². The fraction of sp³-hybridized carbons (Fsp3) is 0.312. The SMILES string of the molecule is Cc1nc2cc(NC(=O)CC(O)(c3nccn3C)C(F)(F)F)ccc2o1. The summed E-state index contributed by atoms with van der Waals surface area (Å²) < 4.78 is 46.7. The first-order valence-electron chi connectivity index (χ1n) is 7.54. The minimum absolute atomic E-state index is 0.236. The van der Waals surface area contributed by atoms with Crippen LogP contribution in [0.25, 0.3) is 11.1 Å². The number of hydrogen-bond acceptors (Lipinski definition) is 5. The van der Waals surface area contributed by atoms with Crippen molar-refractivity contribution in [3.63, 3.8) is 0 Å². The van der Waals surface area contributed by atoms with Gasteiger partial charge in [-0.05, 0) is 18.2 Å². The van der Waals surface area contributed by atoms with E-state index in [1.165, 1.54) is 25.4 Å². The van der Waals surface area contributed by atoms with Gasteiger partial charge in [-0.1, -0.05) is 0 Å². The molecule has 7 nitrogen and oxygen atoms in total. The van der Waals surface area contributed by atoms with E-state index in [0.29, 0.717) is 17.0 Å². The molecule has 1 amide bonds. The number of anilines is 1. The summed E-state index contributed by atoms with van der Waals surface area (Å²) >= 11 is 0. The predicted octanol–water partition coefficient (Wildman–Crippen LogP) is 2.65. The molecular weight excluding hydrogens is 353 g/mol. The summed E-state index contributed by atoms with van der Waals surface area (Å²) in [6.07, 6.45) is -3.95. The van der Waals surface area contributed by atoms with Gasteiger partial charge < -0.3 is 19.4 Å². The third-order valence-electron chi connectivity index (χ3n) is 3.85. The van der Waals surface area contributed by atoms with E-state index in [4.69, 9.17) is 4.42 Å². The van der Waals surface area contributed by atoms with Gasteiger partial charge in [0.1, 0.15) is 5.52 Å². The molecule has 2 heterocycles. The number of imidazole rings is 1. The van der Waals surface area contributed by atoms with Crippen LogP contribution >= 0.6 is 0 Å². The summed E-state index contributed by atoms with van der Waals surface area (Å²) in [5.74, 6) is -1.26. The van der Waals surface area contributed by atoms with Gasteiger partial charge in [-0.25, -0.2) is 9.97 Å². The smallest absolute Gasteiger partial charge is 0.425 e.